The Morgan fingerprint density at radius 1 is 1.10 bits per heavy atom. The zero-order valence-electron chi connectivity index (χ0n) is 13.5. The van der Waals surface area contributed by atoms with Gasteiger partial charge in [0.25, 0.3) is 0 Å². The van der Waals surface area contributed by atoms with Gasteiger partial charge < -0.3 is 5.32 Å². The highest BCUT2D eigenvalue weighted by Gasteiger charge is 2.32. The van der Waals surface area contributed by atoms with Crippen molar-refractivity contribution in [1.82, 2.24) is 5.32 Å². The lowest BCUT2D eigenvalue weighted by atomic mass is 9.71. The second-order valence-electron chi connectivity index (χ2n) is 7.30. The summed E-state index contributed by atoms with van der Waals surface area (Å²) in [6.07, 6.45) is 14.5. The second kappa shape index (κ2) is 7.78. The normalized spacial score (nSPS) is 29.4. The van der Waals surface area contributed by atoms with Crippen LogP contribution in [0.3, 0.4) is 0 Å². The van der Waals surface area contributed by atoms with E-state index in [4.69, 9.17) is 0 Å². The molecule has 1 aromatic rings. The first-order valence-electron chi connectivity index (χ1n) is 9.11. The average molecular weight is 306 g/mol. The summed E-state index contributed by atoms with van der Waals surface area (Å²) in [6.45, 7) is 2.38. The standard InChI is InChI=1S/C19H31NS/c1-15(14-17-10-7-13-21-17)20-19-12-6-5-11-18(19)16-8-3-2-4-9-16/h7,10,13,15-16,18-20H,2-6,8-9,11-12,14H2,1H3. The molecule has 2 aliphatic carbocycles. The van der Waals surface area contributed by atoms with Gasteiger partial charge in [0.2, 0.25) is 0 Å². The van der Waals surface area contributed by atoms with Gasteiger partial charge >= 0.3 is 0 Å². The van der Waals surface area contributed by atoms with Crippen LogP contribution in [-0.4, -0.2) is 12.1 Å². The summed E-state index contributed by atoms with van der Waals surface area (Å²) in [5, 5.41) is 6.21. The maximum Gasteiger partial charge on any atom is 0.0101 e. The van der Waals surface area contributed by atoms with Crippen molar-refractivity contribution in [2.24, 2.45) is 11.8 Å². The molecule has 3 atom stereocenters. The number of rotatable bonds is 5. The largest absolute Gasteiger partial charge is 0.311 e. The third kappa shape index (κ3) is 4.32. The van der Waals surface area contributed by atoms with Crippen molar-refractivity contribution in [2.45, 2.75) is 83.2 Å². The van der Waals surface area contributed by atoms with E-state index >= 15 is 0 Å². The summed E-state index contributed by atoms with van der Waals surface area (Å²) in [4.78, 5) is 1.53. The molecule has 2 heteroatoms. The molecule has 1 N–H and O–H groups in total. The predicted molar refractivity (Wildman–Crippen MR) is 92.9 cm³/mol. The maximum atomic E-state index is 4.01. The molecule has 21 heavy (non-hydrogen) atoms. The number of thiophene rings is 1. The molecule has 1 heterocycles. The lowest BCUT2D eigenvalue weighted by molar-refractivity contribution is 0.143. The molecule has 0 spiro atoms. The first-order chi connectivity index (χ1) is 10.3. The van der Waals surface area contributed by atoms with Gasteiger partial charge in [-0.15, -0.1) is 11.3 Å². The fourth-order valence-electron chi connectivity index (χ4n) is 4.65. The molecule has 118 valence electrons. The van der Waals surface area contributed by atoms with E-state index in [-0.39, 0.29) is 0 Å². The summed E-state index contributed by atoms with van der Waals surface area (Å²) >= 11 is 1.90. The van der Waals surface area contributed by atoms with Gasteiger partial charge in [-0.1, -0.05) is 51.0 Å². The van der Waals surface area contributed by atoms with Crippen LogP contribution in [0.25, 0.3) is 0 Å². The molecule has 1 aromatic heterocycles. The first kappa shape index (κ1) is 15.6. The fraction of sp³-hybridized carbons (Fsp3) is 0.789. The zero-order valence-corrected chi connectivity index (χ0v) is 14.3. The van der Waals surface area contributed by atoms with Gasteiger partial charge in [0.15, 0.2) is 0 Å². The predicted octanol–water partition coefficient (Wildman–Crippen LogP) is 5.41. The van der Waals surface area contributed by atoms with Gasteiger partial charge in [-0.05, 0) is 49.5 Å². The monoisotopic (exact) mass is 305 g/mol. The van der Waals surface area contributed by atoms with Crippen LogP contribution in [0.5, 0.6) is 0 Å². The van der Waals surface area contributed by atoms with E-state index < -0.39 is 0 Å². The molecule has 0 radical (unpaired) electrons. The van der Waals surface area contributed by atoms with Crippen LogP contribution in [0.1, 0.15) is 69.6 Å². The van der Waals surface area contributed by atoms with Crippen LogP contribution in [0.2, 0.25) is 0 Å². The summed E-state index contributed by atoms with van der Waals surface area (Å²) in [6, 6.07) is 5.87. The molecule has 0 aromatic carbocycles. The Kier molecular flexibility index (Phi) is 5.76. The van der Waals surface area contributed by atoms with Gasteiger partial charge in [-0.3, -0.25) is 0 Å². The van der Waals surface area contributed by atoms with Crippen LogP contribution in [-0.2, 0) is 6.42 Å². The lowest BCUT2D eigenvalue weighted by Gasteiger charge is -2.40. The average Bonchev–Trinajstić information content (AvgIpc) is 3.01. The maximum absolute atomic E-state index is 4.01. The summed E-state index contributed by atoms with van der Waals surface area (Å²) in [5.41, 5.74) is 0. The molecule has 2 saturated carbocycles. The zero-order chi connectivity index (χ0) is 14.5. The molecule has 2 aliphatic rings. The Bertz CT molecular complexity index is 394. The molecular formula is C19H31NS. The molecule has 0 saturated heterocycles. The van der Waals surface area contributed by atoms with Crippen LogP contribution in [0.15, 0.2) is 17.5 Å². The summed E-state index contributed by atoms with van der Waals surface area (Å²) < 4.78 is 0. The first-order valence-corrected chi connectivity index (χ1v) is 9.99. The molecule has 0 aliphatic heterocycles. The number of hydrogen-bond donors (Lipinski definition) is 1. The third-order valence-electron chi connectivity index (χ3n) is 5.66. The molecule has 2 fully saturated rings. The molecule has 0 amide bonds. The minimum Gasteiger partial charge on any atom is -0.311 e. The molecule has 1 nitrogen and oxygen atoms in total. The quantitative estimate of drug-likeness (QED) is 0.767. The molecule has 0 bridgehead atoms. The molecule has 3 rings (SSSR count). The van der Waals surface area contributed by atoms with Crippen LogP contribution in [0.4, 0.5) is 0 Å². The van der Waals surface area contributed by atoms with Gasteiger partial charge in [0.1, 0.15) is 0 Å². The fourth-order valence-corrected chi connectivity index (χ4v) is 5.48. The highest BCUT2D eigenvalue weighted by Crippen LogP contribution is 2.38. The summed E-state index contributed by atoms with van der Waals surface area (Å²) in [7, 11) is 0. The van der Waals surface area contributed by atoms with E-state index in [0.29, 0.717) is 6.04 Å². The van der Waals surface area contributed by atoms with Crippen molar-refractivity contribution in [3.63, 3.8) is 0 Å². The van der Waals surface area contributed by atoms with E-state index in [9.17, 15) is 0 Å². The Balaban J connectivity index is 1.55. The van der Waals surface area contributed by atoms with Crippen molar-refractivity contribution in [3.05, 3.63) is 22.4 Å². The van der Waals surface area contributed by atoms with E-state index in [1.807, 2.05) is 11.3 Å². The highest BCUT2D eigenvalue weighted by molar-refractivity contribution is 7.09. The second-order valence-corrected chi connectivity index (χ2v) is 8.34. The number of hydrogen-bond acceptors (Lipinski definition) is 2. The topological polar surface area (TPSA) is 12.0 Å². The van der Waals surface area contributed by atoms with Crippen molar-refractivity contribution in [2.75, 3.05) is 0 Å². The molecule has 3 unspecified atom stereocenters. The van der Waals surface area contributed by atoms with Gasteiger partial charge in [-0.25, -0.2) is 0 Å². The van der Waals surface area contributed by atoms with Crippen molar-refractivity contribution >= 4 is 11.3 Å². The van der Waals surface area contributed by atoms with Crippen molar-refractivity contribution < 1.29 is 0 Å². The third-order valence-corrected chi connectivity index (χ3v) is 6.56. The Labute approximate surface area is 134 Å². The van der Waals surface area contributed by atoms with Crippen molar-refractivity contribution in [3.8, 4) is 0 Å². The minimum absolute atomic E-state index is 0.623. The number of nitrogens with one attached hydrogen (secondary N) is 1. The van der Waals surface area contributed by atoms with Gasteiger partial charge in [0, 0.05) is 17.0 Å². The van der Waals surface area contributed by atoms with E-state index in [0.717, 1.165) is 17.9 Å². The van der Waals surface area contributed by atoms with Crippen LogP contribution < -0.4 is 5.32 Å². The van der Waals surface area contributed by atoms with Crippen LogP contribution >= 0.6 is 11.3 Å². The van der Waals surface area contributed by atoms with E-state index in [1.165, 1.54) is 69.1 Å². The van der Waals surface area contributed by atoms with Crippen LogP contribution in [0, 0.1) is 11.8 Å². The Morgan fingerprint density at radius 2 is 1.86 bits per heavy atom. The Hall–Kier alpha value is -0.340. The summed E-state index contributed by atoms with van der Waals surface area (Å²) in [5.74, 6) is 1.98. The van der Waals surface area contributed by atoms with Gasteiger partial charge in [-0.2, -0.15) is 0 Å². The minimum atomic E-state index is 0.623. The smallest absolute Gasteiger partial charge is 0.0101 e. The SMILES string of the molecule is CC(Cc1cccs1)NC1CCCCC1C1CCCCC1. The van der Waals surface area contributed by atoms with E-state index in [1.54, 1.807) is 0 Å². The lowest BCUT2D eigenvalue weighted by Crippen LogP contribution is -2.46. The van der Waals surface area contributed by atoms with Crippen molar-refractivity contribution in [1.29, 1.82) is 0 Å². The van der Waals surface area contributed by atoms with Gasteiger partial charge in [0.05, 0.1) is 0 Å². The highest BCUT2D eigenvalue weighted by atomic mass is 32.1. The van der Waals surface area contributed by atoms with E-state index in [2.05, 4.69) is 29.8 Å². The Morgan fingerprint density at radius 3 is 2.62 bits per heavy atom. The molecular weight excluding hydrogens is 274 g/mol.